The zero-order chi connectivity index (χ0) is 18.5. The Balaban J connectivity index is 2.07. The summed E-state index contributed by atoms with van der Waals surface area (Å²) in [5.74, 6) is -0.530. The molecule has 0 aliphatic heterocycles. The van der Waals surface area contributed by atoms with Crippen LogP contribution in [0.3, 0.4) is 0 Å². The summed E-state index contributed by atoms with van der Waals surface area (Å²) in [7, 11) is -3.92. The van der Waals surface area contributed by atoms with E-state index in [4.69, 9.17) is 4.74 Å². The number of ether oxygens (including phenoxy) is 1. The molecular weight excluding hydrogens is 340 g/mol. The maximum atomic E-state index is 13.1. The van der Waals surface area contributed by atoms with Crippen LogP contribution < -0.4 is 4.72 Å². The third-order valence-corrected chi connectivity index (χ3v) is 6.44. The Morgan fingerprint density at radius 1 is 1.32 bits per heavy atom. The molecule has 2 aromatic rings. The smallest absolute Gasteiger partial charge is 0.327 e. The second-order valence-corrected chi connectivity index (χ2v) is 8.72. The molecular formula is C18H22N2O4S. The van der Waals surface area contributed by atoms with Crippen molar-refractivity contribution in [2.24, 2.45) is 5.41 Å². The van der Waals surface area contributed by atoms with Gasteiger partial charge in [0.1, 0.15) is 5.54 Å². The van der Waals surface area contributed by atoms with Gasteiger partial charge in [-0.3, -0.25) is 4.98 Å². The number of carbonyl (C=O) groups is 1. The van der Waals surface area contributed by atoms with Crippen molar-refractivity contribution < 1.29 is 17.9 Å². The highest BCUT2D eigenvalue weighted by molar-refractivity contribution is 7.89. The molecule has 1 saturated carbocycles. The van der Waals surface area contributed by atoms with E-state index in [0.717, 1.165) is 5.56 Å². The van der Waals surface area contributed by atoms with Gasteiger partial charge in [-0.25, -0.2) is 13.2 Å². The highest BCUT2D eigenvalue weighted by Gasteiger charge is 2.69. The Morgan fingerprint density at radius 3 is 2.60 bits per heavy atom. The Hall–Kier alpha value is -1.99. The third kappa shape index (κ3) is 2.81. The molecule has 0 amide bonds. The van der Waals surface area contributed by atoms with Gasteiger partial charge in [0, 0.05) is 11.6 Å². The molecule has 1 unspecified atom stereocenters. The fourth-order valence-electron chi connectivity index (χ4n) is 3.24. The molecule has 0 bridgehead atoms. The zero-order valence-corrected chi connectivity index (χ0v) is 15.6. The van der Waals surface area contributed by atoms with Gasteiger partial charge in [-0.2, -0.15) is 4.72 Å². The number of rotatable bonds is 5. The van der Waals surface area contributed by atoms with E-state index in [2.05, 4.69) is 9.71 Å². The first-order valence-corrected chi connectivity index (χ1v) is 9.68. The Kier molecular flexibility index (Phi) is 4.12. The van der Waals surface area contributed by atoms with E-state index in [1.165, 1.54) is 0 Å². The zero-order valence-electron chi connectivity index (χ0n) is 14.8. The van der Waals surface area contributed by atoms with E-state index in [9.17, 15) is 13.2 Å². The SMILES string of the molecule is CCOC(=O)C1(NS(=O)(=O)c2ccc(C)c3ncccc23)CC1(C)C. The molecule has 25 heavy (non-hydrogen) atoms. The number of sulfonamides is 1. The molecule has 1 fully saturated rings. The molecule has 1 atom stereocenters. The van der Waals surface area contributed by atoms with Crippen molar-refractivity contribution in [3.63, 3.8) is 0 Å². The van der Waals surface area contributed by atoms with Crippen molar-refractivity contribution in [1.29, 1.82) is 0 Å². The summed E-state index contributed by atoms with van der Waals surface area (Å²) in [5.41, 5.74) is -0.196. The van der Waals surface area contributed by atoms with Crippen LogP contribution in [0.1, 0.15) is 32.8 Å². The summed E-state index contributed by atoms with van der Waals surface area (Å²) >= 11 is 0. The average Bonchev–Trinajstić information content (AvgIpc) is 3.09. The van der Waals surface area contributed by atoms with Crippen LogP contribution in [0, 0.1) is 12.3 Å². The molecule has 1 N–H and O–H groups in total. The fraction of sp³-hybridized carbons (Fsp3) is 0.444. The summed E-state index contributed by atoms with van der Waals surface area (Å²) in [6.45, 7) is 7.48. The lowest BCUT2D eigenvalue weighted by atomic mass is 10.1. The van der Waals surface area contributed by atoms with Crippen molar-refractivity contribution in [2.75, 3.05) is 6.61 Å². The molecule has 0 saturated heterocycles. The number of benzene rings is 1. The van der Waals surface area contributed by atoms with E-state index in [-0.39, 0.29) is 11.5 Å². The summed E-state index contributed by atoms with van der Waals surface area (Å²) in [4.78, 5) is 16.8. The molecule has 1 aliphatic rings. The Morgan fingerprint density at radius 2 is 2.00 bits per heavy atom. The van der Waals surface area contributed by atoms with Gasteiger partial charge in [-0.1, -0.05) is 19.9 Å². The number of nitrogens with zero attached hydrogens (tertiary/aromatic N) is 1. The Bertz CT molecular complexity index is 953. The van der Waals surface area contributed by atoms with Crippen molar-refractivity contribution >= 4 is 26.9 Å². The van der Waals surface area contributed by atoms with Gasteiger partial charge in [0.2, 0.25) is 10.0 Å². The lowest BCUT2D eigenvalue weighted by Gasteiger charge is -2.21. The number of nitrogens with one attached hydrogen (secondary N) is 1. The maximum Gasteiger partial charge on any atom is 0.327 e. The summed E-state index contributed by atoms with van der Waals surface area (Å²) in [5, 5.41) is 0.535. The van der Waals surface area contributed by atoms with Crippen LogP contribution in [-0.2, 0) is 19.6 Å². The summed E-state index contributed by atoms with van der Waals surface area (Å²) in [6.07, 6.45) is 2.03. The first-order chi connectivity index (χ1) is 11.6. The van der Waals surface area contributed by atoms with E-state index in [1.54, 1.807) is 37.4 Å². The largest absolute Gasteiger partial charge is 0.465 e. The van der Waals surface area contributed by atoms with Gasteiger partial charge in [-0.15, -0.1) is 0 Å². The number of carbonyl (C=O) groups excluding carboxylic acids is 1. The van der Waals surface area contributed by atoms with Crippen LogP contribution in [0.25, 0.3) is 10.9 Å². The normalized spacial score (nSPS) is 21.9. The lowest BCUT2D eigenvalue weighted by Crippen LogP contribution is -2.47. The predicted molar refractivity (Wildman–Crippen MR) is 94.6 cm³/mol. The topological polar surface area (TPSA) is 85.4 Å². The minimum atomic E-state index is -3.92. The first-order valence-electron chi connectivity index (χ1n) is 8.20. The van der Waals surface area contributed by atoms with Crippen molar-refractivity contribution in [3.05, 3.63) is 36.0 Å². The second kappa shape index (κ2) is 5.78. The molecule has 1 aromatic heterocycles. The van der Waals surface area contributed by atoms with Gasteiger partial charge in [0.05, 0.1) is 17.0 Å². The first kappa shape index (κ1) is 17.8. The highest BCUT2D eigenvalue weighted by atomic mass is 32.2. The van der Waals surface area contributed by atoms with E-state index in [0.29, 0.717) is 17.3 Å². The van der Waals surface area contributed by atoms with Gasteiger partial charge in [0.25, 0.3) is 0 Å². The molecule has 6 nitrogen and oxygen atoms in total. The molecule has 1 heterocycles. The quantitative estimate of drug-likeness (QED) is 0.826. The van der Waals surface area contributed by atoms with Crippen LogP contribution >= 0.6 is 0 Å². The average molecular weight is 362 g/mol. The minimum absolute atomic E-state index is 0.118. The number of pyridine rings is 1. The molecule has 3 rings (SSSR count). The number of hydrogen-bond acceptors (Lipinski definition) is 5. The number of aromatic nitrogens is 1. The molecule has 7 heteroatoms. The van der Waals surface area contributed by atoms with E-state index < -0.39 is 26.9 Å². The molecule has 1 aliphatic carbocycles. The maximum absolute atomic E-state index is 13.1. The number of esters is 1. The molecule has 134 valence electrons. The molecule has 0 spiro atoms. The third-order valence-electron chi connectivity index (χ3n) is 4.89. The number of hydrogen-bond donors (Lipinski definition) is 1. The van der Waals surface area contributed by atoms with Gasteiger partial charge in [-0.05, 0) is 49.4 Å². The van der Waals surface area contributed by atoms with Crippen LogP contribution in [0.5, 0.6) is 0 Å². The highest BCUT2D eigenvalue weighted by Crippen LogP contribution is 2.57. The van der Waals surface area contributed by atoms with E-state index in [1.807, 2.05) is 20.8 Å². The standard InChI is InChI=1S/C18H22N2O4S/c1-5-24-16(21)18(11-17(18,3)4)20-25(22,23)14-9-8-12(2)15-13(14)7-6-10-19-15/h6-10,20H,5,11H2,1-4H3. The minimum Gasteiger partial charge on any atom is -0.465 e. The van der Waals surface area contributed by atoms with Crippen molar-refractivity contribution in [1.82, 2.24) is 9.71 Å². The second-order valence-electron chi connectivity index (χ2n) is 7.07. The Labute approximate surface area is 147 Å². The van der Waals surface area contributed by atoms with Gasteiger partial charge >= 0.3 is 5.97 Å². The van der Waals surface area contributed by atoms with Crippen LogP contribution in [-0.4, -0.2) is 31.5 Å². The predicted octanol–water partition coefficient (Wildman–Crippen LogP) is 2.55. The summed E-state index contributed by atoms with van der Waals surface area (Å²) < 4.78 is 33.9. The number of fused-ring (bicyclic) bond motifs is 1. The fourth-order valence-corrected chi connectivity index (χ4v) is 4.95. The van der Waals surface area contributed by atoms with Gasteiger partial charge < -0.3 is 4.74 Å². The summed E-state index contributed by atoms with van der Waals surface area (Å²) in [6, 6.07) is 6.69. The van der Waals surface area contributed by atoms with Crippen LogP contribution in [0.15, 0.2) is 35.4 Å². The van der Waals surface area contributed by atoms with Crippen LogP contribution in [0.2, 0.25) is 0 Å². The molecule has 1 aromatic carbocycles. The van der Waals surface area contributed by atoms with Crippen LogP contribution in [0.4, 0.5) is 0 Å². The van der Waals surface area contributed by atoms with E-state index >= 15 is 0 Å². The van der Waals surface area contributed by atoms with Crippen molar-refractivity contribution in [2.45, 2.75) is 44.6 Å². The number of aryl methyl sites for hydroxylation is 1. The molecule has 0 radical (unpaired) electrons. The van der Waals surface area contributed by atoms with Gasteiger partial charge in [0.15, 0.2) is 0 Å². The lowest BCUT2D eigenvalue weighted by molar-refractivity contribution is -0.147. The van der Waals surface area contributed by atoms with Crippen molar-refractivity contribution in [3.8, 4) is 0 Å². The monoisotopic (exact) mass is 362 g/mol.